The van der Waals surface area contributed by atoms with Gasteiger partial charge in [-0.25, -0.2) is 4.84 Å². The summed E-state index contributed by atoms with van der Waals surface area (Å²) in [4.78, 5) is 5.96. The van der Waals surface area contributed by atoms with Crippen molar-refractivity contribution >= 4 is 8.32 Å². The Balaban J connectivity index is 2.27. The van der Waals surface area contributed by atoms with Gasteiger partial charge in [-0.2, -0.15) is 0 Å². The Labute approximate surface area is 123 Å². The summed E-state index contributed by atoms with van der Waals surface area (Å²) in [6.45, 7) is 14.8. The first kappa shape index (κ1) is 15.3. The van der Waals surface area contributed by atoms with Crippen LogP contribution in [0.1, 0.15) is 31.7 Å². The van der Waals surface area contributed by atoms with Crippen LogP contribution in [-0.4, -0.2) is 19.1 Å². The maximum absolute atomic E-state index is 6.03. The Morgan fingerprint density at radius 1 is 1.25 bits per heavy atom. The highest BCUT2D eigenvalue weighted by atomic mass is 28.4. The first-order valence-electron chi connectivity index (χ1n) is 7.10. The zero-order valence-electron chi connectivity index (χ0n) is 13.1. The third-order valence-corrected chi connectivity index (χ3v) is 3.93. The molecular weight excluding hydrogens is 266 g/mol. The van der Waals surface area contributed by atoms with E-state index in [2.05, 4.69) is 64.3 Å². The number of hydrogen-bond acceptors (Lipinski definition) is 3. The SMILES string of the molecule is C=C1C(c2ccccc2)CC(C)(C)ON1O[Si](C)(C)C. The van der Waals surface area contributed by atoms with Gasteiger partial charge in [-0.05, 0) is 45.5 Å². The van der Waals surface area contributed by atoms with E-state index in [1.165, 1.54) is 5.56 Å². The van der Waals surface area contributed by atoms with Crippen molar-refractivity contribution in [2.24, 2.45) is 0 Å². The fourth-order valence-electron chi connectivity index (χ4n) is 2.38. The molecule has 1 saturated heterocycles. The summed E-state index contributed by atoms with van der Waals surface area (Å²) in [5.74, 6) is 0.233. The second-order valence-electron chi connectivity index (χ2n) is 6.97. The summed E-state index contributed by atoms with van der Waals surface area (Å²) < 4.78 is 6.03. The number of rotatable bonds is 3. The topological polar surface area (TPSA) is 21.7 Å². The molecule has 110 valence electrons. The summed E-state index contributed by atoms with van der Waals surface area (Å²) >= 11 is 0. The summed E-state index contributed by atoms with van der Waals surface area (Å²) in [6, 6.07) is 10.4. The molecule has 1 aromatic carbocycles. The number of benzene rings is 1. The van der Waals surface area contributed by atoms with Gasteiger partial charge < -0.3 is 0 Å². The van der Waals surface area contributed by atoms with Crippen molar-refractivity contribution in [3.8, 4) is 0 Å². The van der Waals surface area contributed by atoms with Crippen LogP contribution in [0.15, 0.2) is 42.6 Å². The first-order chi connectivity index (χ1) is 9.18. The molecule has 1 aliphatic heterocycles. The fourth-order valence-corrected chi connectivity index (χ4v) is 3.03. The Morgan fingerprint density at radius 3 is 2.40 bits per heavy atom. The standard InChI is InChI=1S/C16H25NO2Si/c1-13-15(14-10-8-7-9-11-14)12-16(2,3)18-17(13)19-20(4,5)6/h7-11,15H,1,12H2,2-6H3. The molecule has 1 heterocycles. The van der Waals surface area contributed by atoms with Crippen molar-refractivity contribution in [2.45, 2.75) is 51.4 Å². The normalized spacial score (nSPS) is 22.9. The lowest BCUT2D eigenvalue weighted by molar-refractivity contribution is -0.363. The predicted molar refractivity (Wildman–Crippen MR) is 84.4 cm³/mol. The van der Waals surface area contributed by atoms with Crippen LogP contribution in [0.2, 0.25) is 19.6 Å². The quantitative estimate of drug-likeness (QED) is 0.767. The zero-order chi connectivity index (χ0) is 15.0. The molecule has 0 amide bonds. The summed E-state index contributed by atoms with van der Waals surface area (Å²) in [6.07, 6.45) is 0.904. The third kappa shape index (κ3) is 3.72. The molecule has 0 aliphatic carbocycles. The van der Waals surface area contributed by atoms with E-state index >= 15 is 0 Å². The molecule has 3 nitrogen and oxygen atoms in total. The second kappa shape index (κ2) is 5.35. The third-order valence-electron chi connectivity index (χ3n) is 3.22. The molecular formula is C16H25NO2Si. The van der Waals surface area contributed by atoms with Gasteiger partial charge in [-0.3, -0.25) is 4.53 Å². The average Bonchev–Trinajstić information content (AvgIpc) is 2.32. The summed E-state index contributed by atoms with van der Waals surface area (Å²) in [5.41, 5.74) is 1.89. The van der Waals surface area contributed by atoms with Crippen LogP contribution in [0, 0.1) is 0 Å². The van der Waals surface area contributed by atoms with Crippen molar-refractivity contribution in [2.75, 3.05) is 0 Å². The van der Waals surface area contributed by atoms with Crippen molar-refractivity contribution in [1.29, 1.82) is 0 Å². The number of allylic oxidation sites excluding steroid dienone is 1. The molecule has 1 aliphatic rings. The molecule has 4 heteroatoms. The van der Waals surface area contributed by atoms with E-state index in [-0.39, 0.29) is 11.5 Å². The molecule has 0 saturated carbocycles. The molecule has 0 spiro atoms. The molecule has 0 N–H and O–H groups in total. The van der Waals surface area contributed by atoms with Crippen LogP contribution in [0.5, 0.6) is 0 Å². The van der Waals surface area contributed by atoms with Gasteiger partial charge in [0.25, 0.3) is 0 Å². The molecule has 2 rings (SSSR count). The van der Waals surface area contributed by atoms with E-state index in [0.29, 0.717) is 0 Å². The van der Waals surface area contributed by atoms with E-state index in [0.717, 1.165) is 12.1 Å². The Morgan fingerprint density at radius 2 is 1.85 bits per heavy atom. The maximum Gasteiger partial charge on any atom is 0.223 e. The highest BCUT2D eigenvalue weighted by Gasteiger charge is 2.39. The first-order valence-corrected chi connectivity index (χ1v) is 10.5. The summed E-state index contributed by atoms with van der Waals surface area (Å²) in [7, 11) is -1.74. The van der Waals surface area contributed by atoms with Gasteiger partial charge in [0.1, 0.15) is 0 Å². The van der Waals surface area contributed by atoms with E-state index < -0.39 is 8.32 Å². The predicted octanol–water partition coefficient (Wildman–Crippen LogP) is 4.47. The summed E-state index contributed by atoms with van der Waals surface area (Å²) in [5, 5.41) is 1.58. The highest BCUT2D eigenvalue weighted by molar-refractivity contribution is 6.69. The van der Waals surface area contributed by atoms with Crippen LogP contribution in [0.25, 0.3) is 0 Å². The van der Waals surface area contributed by atoms with Crippen molar-refractivity contribution in [1.82, 2.24) is 5.23 Å². The van der Waals surface area contributed by atoms with Gasteiger partial charge >= 0.3 is 0 Å². The second-order valence-corrected chi connectivity index (χ2v) is 11.4. The Hall–Kier alpha value is -1.10. The van der Waals surface area contributed by atoms with Crippen LogP contribution in [-0.2, 0) is 9.36 Å². The minimum Gasteiger partial charge on any atom is -0.298 e. The van der Waals surface area contributed by atoms with Gasteiger partial charge in [0, 0.05) is 5.92 Å². The fraction of sp³-hybridized carbons (Fsp3) is 0.500. The lowest BCUT2D eigenvalue weighted by atomic mass is 9.85. The van der Waals surface area contributed by atoms with E-state index in [4.69, 9.17) is 9.36 Å². The smallest absolute Gasteiger partial charge is 0.223 e. The molecule has 0 bridgehead atoms. The van der Waals surface area contributed by atoms with Crippen LogP contribution in [0.4, 0.5) is 0 Å². The largest absolute Gasteiger partial charge is 0.298 e. The van der Waals surface area contributed by atoms with Gasteiger partial charge in [0.2, 0.25) is 8.32 Å². The maximum atomic E-state index is 6.03. The molecule has 1 aromatic rings. The van der Waals surface area contributed by atoms with Crippen LogP contribution < -0.4 is 0 Å². The average molecular weight is 291 g/mol. The minimum absolute atomic E-state index is 0.233. The highest BCUT2D eigenvalue weighted by Crippen LogP contribution is 2.41. The van der Waals surface area contributed by atoms with Gasteiger partial charge in [-0.1, -0.05) is 36.9 Å². The zero-order valence-corrected chi connectivity index (χ0v) is 14.1. The Kier molecular flexibility index (Phi) is 4.09. The molecule has 1 atom stereocenters. The van der Waals surface area contributed by atoms with Gasteiger partial charge in [-0.15, -0.1) is 5.23 Å². The molecule has 1 fully saturated rings. The molecule has 0 aromatic heterocycles. The van der Waals surface area contributed by atoms with Gasteiger partial charge in [0.05, 0.1) is 11.3 Å². The van der Waals surface area contributed by atoms with Crippen molar-refractivity contribution < 1.29 is 9.36 Å². The molecule has 20 heavy (non-hydrogen) atoms. The lowest BCUT2D eigenvalue weighted by Gasteiger charge is -2.45. The van der Waals surface area contributed by atoms with Crippen LogP contribution >= 0.6 is 0 Å². The van der Waals surface area contributed by atoms with Crippen molar-refractivity contribution in [3.63, 3.8) is 0 Å². The van der Waals surface area contributed by atoms with E-state index in [9.17, 15) is 0 Å². The van der Waals surface area contributed by atoms with E-state index in [1.807, 2.05) is 6.07 Å². The number of nitrogens with zero attached hydrogens (tertiary/aromatic N) is 1. The van der Waals surface area contributed by atoms with Crippen LogP contribution in [0.3, 0.4) is 0 Å². The number of hydrogen-bond donors (Lipinski definition) is 0. The number of hydroxylamine groups is 2. The minimum atomic E-state index is -1.74. The Bertz CT molecular complexity index is 477. The van der Waals surface area contributed by atoms with E-state index in [1.54, 1.807) is 5.23 Å². The van der Waals surface area contributed by atoms with Gasteiger partial charge in [0.15, 0.2) is 0 Å². The monoisotopic (exact) mass is 291 g/mol. The lowest BCUT2D eigenvalue weighted by Crippen LogP contribution is -2.47. The molecule has 1 unspecified atom stereocenters. The molecule has 0 radical (unpaired) electrons. The van der Waals surface area contributed by atoms with Crippen molar-refractivity contribution in [3.05, 3.63) is 48.2 Å².